The molecule has 0 aliphatic carbocycles. The SMILES string of the molecule is Cn1cnc(CCNC(=O)c2cc(N)n[nH]2)n1. The van der Waals surface area contributed by atoms with E-state index in [1.807, 2.05) is 0 Å². The van der Waals surface area contributed by atoms with Crippen molar-refractivity contribution in [2.45, 2.75) is 6.42 Å². The quantitative estimate of drug-likeness (QED) is 0.635. The van der Waals surface area contributed by atoms with Crippen molar-refractivity contribution in [1.82, 2.24) is 30.3 Å². The van der Waals surface area contributed by atoms with E-state index in [4.69, 9.17) is 5.73 Å². The first-order valence-electron chi connectivity index (χ1n) is 5.09. The highest BCUT2D eigenvalue weighted by molar-refractivity contribution is 5.92. The Bertz CT molecular complexity index is 515. The Kier molecular flexibility index (Phi) is 3.03. The Hall–Kier alpha value is -2.38. The van der Waals surface area contributed by atoms with E-state index in [0.29, 0.717) is 30.3 Å². The zero-order chi connectivity index (χ0) is 12.3. The normalized spacial score (nSPS) is 10.4. The number of nitrogens with two attached hydrogens (primary N) is 1. The Morgan fingerprint density at radius 2 is 2.47 bits per heavy atom. The van der Waals surface area contributed by atoms with Crippen LogP contribution < -0.4 is 11.1 Å². The van der Waals surface area contributed by atoms with Crippen LogP contribution in [-0.4, -0.2) is 37.4 Å². The van der Waals surface area contributed by atoms with Crippen molar-refractivity contribution in [2.24, 2.45) is 7.05 Å². The zero-order valence-corrected chi connectivity index (χ0v) is 9.34. The molecule has 8 heteroatoms. The molecule has 8 nitrogen and oxygen atoms in total. The number of carbonyl (C=O) groups excluding carboxylic acids is 1. The van der Waals surface area contributed by atoms with Crippen molar-refractivity contribution in [3.63, 3.8) is 0 Å². The third-order valence-corrected chi connectivity index (χ3v) is 2.12. The van der Waals surface area contributed by atoms with Gasteiger partial charge in [-0.1, -0.05) is 0 Å². The summed E-state index contributed by atoms with van der Waals surface area (Å²) in [7, 11) is 1.79. The van der Waals surface area contributed by atoms with Gasteiger partial charge in [-0.25, -0.2) is 4.98 Å². The molecule has 4 N–H and O–H groups in total. The fourth-order valence-electron chi connectivity index (χ4n) is 1.34. The monoisotopic (exact) mass is 235 g/mol. The lowest BCUT2D eigenvalue weighted by Crippen LogP contribution is -2.26. The minimum absolute atomic E-state index is 0.245. The molecule has 0 bridgehead atoms. The fraction of sp³-hybridized carbons (Fsp3) is 0.333. The van der Waals surface area contributed by atoms with Gasteiger partial charge in [0.25, 0.3) is 5.91 Å². The third-order valence-electron chi connectivity index (χ3n) is 2.12. The van der Waals surface area contributed by atoms with Crippen LogP contribution in [0.25, 0.3) is 0 Å². The summed E-state index contributed by atoms with van der Waals surface area (Å²) in [6, 6.07) is 1.48. The van der Waals surface area contributed by atoms with Crippen molar-refractivity contribution in [3.8, 4) is 0 Å². The van der Waals surface area contributed by atoms with Crippen molar-refractivity contribution < 1.29 is 4.79 Å². The molecule has 2 rings (SSSR count). The summed E-state index contributed by atoms with van der Waals surface area (Å²) >= 11 is 0. The second-order valence-electron chi connectivity index (χ2n) is 3.55. The van der Waals surface area contributed by atoms with Gasteiger partial charge in [0.2, 0.25) is 0 Å². The average molecular weight is 235 g/mol. The molecular weight excluding hydrogens is 222 g/mol. The van der Waals surface area contributed by atoms with E-state index in [9.17, 15) is 4.79 Å². The summed E-state index contributed by atoms with van der Waals surface area (Å²) in [6.45, 7) is 0.460. The maximum atomic E-state index is 11.6. The van der Waals surface area contributed by atoms with Crippen LogP contribution in [0.3, 0.4) is 0 Å². The molecule has 0 aliphatic heterocycles. The predicted molar refractivity (Wildman–Crippen MR) is 60.0 cm³/mol. The lowest BCUT2D eigenvalue weighted by Gasteiger charge is -2.00. The second-order valence-corrected chi connectivity index (χ2v) is 3.55. The predicted octanol–water partition coefficient (Wildman–Crippen LogP) is -0.907. The minimum atomic E-state index is -0.245. The van der Waals surface area contributed by atoms with Crippen molar-refractivity contribution in [3.05, 3.63) is 23.9 Å². The van der Waals surface area contributed by atoms with Gasteiger partial charge in [0.15, 0.2) is 5.82 Å². The first-order valence-corrected chi connectivity index (χ1v) is 5.09. The van der Waals surface area contributed by atoms with Crippen LogP contribution in [0.2, 0.25) is 0 Å². The van der Waals surface area contributed by atoms with Gasteiger partial charge in [-0.2, -0.15) is 10.2 Å². The van der Waals surface area contributed by atoms with Crippen LogP contribution >= 0.6 is 0 Å². The molecule has 2 aromatic rings. The summed E-state index contributed by atoms with van der Waals surface area (Å²) in [5, 5.41) is 13.0. The molecule has 0 saturated heterocycles. The Morgan fingerprint density at radius 3 is 3.06 bits per heavy atom. The van der Waals surface area contributed by atoms with E-state index in [1.165, 1.54) is 6.07 Å². The highest BCUT2D eigenvalue weighted by atomic mass is 16.1. The number of nitrogen functional groups attached to an aromatic ring is 1. The molecule has 0 aliphatic rings. The molecule has 0 atom stereocenters. The van der Waals surface area contributed by atoms with E-state index in [2.05, 4.69) is 25.6 Å². The van der Waals surface area contributed by atoms with E-state index in [1.54, 1.807) is 18.1 Å². The maximum absolute atomic E-state index is 11.6. The summed E-state index contributed by atoms with van der Waals surface area (Å²) in [4.78, 5) is 15.6. The van der Waals surface area contributed by atoms with Crippen LogP contribution in [0.1, 0.15) is 16.3 Å². The number of hydrogen-bond donors (Lipinski definition) is 3. The van der Waals surface area contributed by atoms with Crippen molar-refractivity contribution in [2.75, 3.05) is 12.3 Å². The molecule has 1 amide bonds. The summed E-state index contributed by atoms with van der Waals surface area (Å²) in [5.41, 5.74) is 5.74. The van der Waals surface area contributed by atoms with Crippen LogP contribution in [0.5, 0.6) is 0 Å². The smallest absolute Gasteiger partial charge is 0.269 e. The topological polar surface area (TPSA) is 115 Å². The summed E-state index contributed by atoms with van der Waals surface area (Å²) < 4.78 is 1.62. The number of aromatic amines is 1. The lowest BCUT2D eigenvalue weighted by atomic mass is 10.3. The van der Waals surface area contributed by atoms with Gasteiger partial charge in [-0.05, 0) is 0 Å². The van der Waals surface area contributed by atoms with Crippen molar-refractivity contribution >= 4 is 11.7 Å². The minimum Gasteiger partial charge on any atom is -0.382 e. The fourth-order valence-corrected chi connectivity index (χ4v) is 1.34. The number of nitrogens with zero attached hydrogens (tertiary/aromatic N) is 4. The number of anilines is 1. The Morgan fingerprint density at radius 1 is 1.65 bits per heavy atom. The van der Waals surface area contributed by atoms with Gasteiger partial charge in [0, 0.05) is 26.1 Å². The number of carbonyl (C=O) groups is 1. The average Bonchev–Trinajstić information content (AvgIpc) is 2.88. The van der Waals surface area contributed by atoms with Gasteiger partial charge in [-0.15, -0.1) is 0 Å². The molecule has 17 heavy (non-hydrogen) atoms. The molecule has 0 aromatic carbocycles. The van der Waals surface area contributed by atoms with E-state index >= 15 is 0 Å². The van der Waals surface area contributed by atoms with Crippen LogP contribution in [0.15, 0.2) is 12.4 Å². The van der Waals surface area contributed by atoms with Gasteiger partial charge in [-0.3, -0.25) is 14.6 Å². The van der Waals surface area contributed by atoms with E-state index < -0.39 is 0 Å². The molecule has 0 spiro atoms. The van der Waals surface area contributed by atoms with Crippen LogP contribution in [-0.2, 0) is 13.5 Å². The second kappa shape index (κ2) is 4.64. The van der Waals surface area contributed by atoms with Crippen LogP contribution in [0, 0.1) is 0 Å². The van der Waals surface area contributed by atoms with Crippen LogP contribution in [0.4, 0.5) is 5.82 Å². The van der Waals surface area contributed by atoms with Gasteiger partial charge >= 0.3 is 0 Å². The standard InChI is InChI=1S/C9H13N7O/c1-16-5-12-8(15-16)2-3-11-9(17)6-4-7(10)14-13-6/h4-5H,2-3H2,1H3,(H,11,17)(H3,10,13,14). The maximum Gasteiger partial charge on any atom is 0.269 e. The molecule has 0 saturated carbocycles. The zero-order valence-electron chi connectivity index (χ0n) is 9.34. The Labute approximate surface area is 97.2 Å². The number of aromatic nitrogens is 5. The molecule has 0 unspecified atom stereocenters. The van der Waals surface area contributed by atoms with Gasteiger partial charge in [0.05, 0.1) is 0 Å². The summed E-state index contributed by atoms with van der Waals surface area (Å²) in [6.07, 6.45) is 2.20. The van der Waals surface area contributed by atoms with E-state index in [-0.39, 0.29) is 5.91 Å². The first-order chi connectivity index (χ1) is 8.15. The highest BCUT2D eigenvalue weighted by Crippen LogP contribution is 1.99. The molecule has 2 aromatic heterocycles. The number of rotatable bonds is 4. The third kappa shape index (κ3) is 2.80. The number of hydrogen-bond acceptors (Lipinski definition) is 5. The highest BCUT2D eigenvalue weighted by Gasteiger charge is 2.08. The molecule has 0 radical (unpaired) electrons. The molecular formula is C9H13N7O. The van der Waals surface area contributed by atoms with Gasteiger partial charge in [0.1, 0.15) is 17.8 Å². The summed E-state index contributed by atoms with van der Waals surface area (Å²) in [5.74, 6) is 0.739. The first kappa shape index (κ1) is 11.1. The van der Waals surface area contributed by atoms with E-state index in [0.717, 1.165) is 0 Å². The Balaban J connectivity index is 1.81. The lowest BCUT2D eigenvalue weighted by molar-refractivity contribution is 0.0949. The molecule has 90 valence electrons. The van der Waals surface area contributed by atoms with Crippen molar-refractivity contribution in [1.29, 1.82) is 0 Å². The number of nitrogens with one attached hydrogen (secondary N) is 2. The number of aryl methyl sites for hydroxylation is 1. The largest absolute Gasteiger partial charge is 0.382 e. The number of H-pyrrole nitrogens is 1. The molecule has 2 heterocycles. The molecule has 0 fully saturated rings. The van der Waals surface area contributed by atoms with Gasteiger partial charge < -0.3 is 11.1 Å². The number of amides is 1.